The van der Waals surface area contributed by atoms with Gasteiger partial charge in [0.05, 0.1) is 13.2 Å². The fourth-order valence-corrected chi connectivity index (χ4v) is 1.55. The van der Waals surface area contributed by atoms with Gasteiger partial charge in [0.15, 0.2) is 0 Å². The van der Waals surface area contributed by atoms with Gasteiger partial charge in [-0.15, -0.1) is 10.2 Å². The second kappa shape index (κ2) is 5.07. The maximum atomic E-state index is 7.08. The smallest absolute Gasteiger partial charge is 0.216 e. The molecule has 2 heterocycles. The first-order valence-corrected chi connectivity index (χ1v) is 4.94. The van der Waals surface area contributed by atoms with Gasteiger partial charge >= 0.3 is 0 Å². The minimum atomic E-state index is -0.101. The van der Waals surface area contributed by atoms with Crippen LogP contribution in [0.25, 0.3) is 0 Å². The van der Waals surface area contributed by atoms with Crippen molar-refractivity contribution in [1.82, 2.24) is 15.1 Å². The van der Waals surface area contributed by atoms with Crippen molar-refractivity contribution in [1.29, 1.82) is 0 Å². The molecule has 14 heavy (non-hydrogen) atoms. The van der Waals surface area contributed by atoms with E-state index < -0.39 is 0 Å². The van der Waals surface area contributed by atoms with Gasteiger partial charge in [-0.1, -0.05) is 0 Å². The van der Waals surface area contributed by atoms with Crippen LogP contribution in [0.1, 0.15) is 13.7 Å². The van der Waals surface area contributed by atoms with Crippen LogP contribution in [-0.2, 0) is 11.2 Å². The molecule has 2 rings (SSSR count). The average molecular weight is 198 g/mol. The number of hydrogen-bond acceptors (Lipinski definition) is 5. The molecule has 0 bridgehead atoms. The predicted molar refractivity (Wildman–Crippen MR) is 49.9 cm³/mol. The molecule has 0 spiro atoms. The summed E-state index contributed by atoms with van der Waals surface area (Å²) in [5.41, 5.74) is 0. The summed E-state index contributed by atoms with van der Waals surface area (Å²) in [6.45, 7) is 4.70. The van der Waals surface area contributed by atoms with Crippen LogP contribution in [0.3, 0.4) is 0 Å². The van der Waals surface area contributed by atoms with E-state index in [0.717, 1.165) is 45.7 Å². The third-order valence-electron chi connectivity index (χ3n) is 2.33. The fraction of sp³-hybridized carbons (Fsp3) is 0.778. The highest BCUT2D eigenvalue weighted by Crippen LogP contribution is 2.02. The van der Waals surface area contributed by atoms with E-state index in [9.17, 15) is 0 Å². The molecule has 0 saturated carbocycles. The van der Waals surface area contributed by atoms with Crippen LogP contribution >= 0.6 is 0 Å². The molecule has 0 atom stereocenters. The summed E-state index contributed by atoms with van der Waals surface area (Å²) in [5, 5.41) is 7.25. The lowest BCUT2D eigenvalue weighted by Gasteiger charge is -2.26. The van der Waals surface area contributed by atoms with Crippen molar-refractivity contribution in [3.05, 3.63) is 12.3 Å². The number of ether oxygens (including phenoxy) is 1. The van der Waals surface area contributed by atoms with Gasteiger partial charge < -0.3 is 9.15 Å². The Kier molecular flexibility index (Phi) is 3.03. The molecule has 1 aromatic heterocycles. The Morgan fingerprint density at radius 3 is 3.07 bits per heavy atom. The molecule has 5 nitrogen and oxygen atoms in total. The zero-order valence-electron chi connectivity index (χ0n) is 9.11. The summed E-state index contributed by atoms with van der Waals surface area (Å²) in [4.78, 5) is 2.36. The summed E-state index contributed by atoms with van der Waals surface area (Å²) in [5.74, 6) is 0.563. The maximum Gasteiger partial charge on any atom is 0.216 e. The SMILES string of the molecule is [2H]c1nnc(CCCN2CCOCC2)o1. The van der Waals surface area contributed by atoms with E-state index in [1.165, 1.54) is 0 Å². The molecular weight excluding hydrogens is 182 g/mol. The van der Waals surface area contributed by atoms with Gasteiger partial charge in [0, 0.05) is 19.5 Å². The maximum absolute atomic E-state index is 7.08. The van der Waals surface area contributed by atoms with Gasteiger partial charge in [0.2, 0.25) is 12.3 Å². The van der Waals surface area contributed by atoms with Gasteiger partial charge in [0.25, 0.3) is 0 Å². The fourth-order valence-electron chi connectivity index (χ4n) is 1.55. The quantitative estimate of drug-likeness (QED) is 0.698. The van der Waals surface area contributed by atoms with Crippen LogP contribution in [0.2, 0.25) is 0 Å². The third kappa shape index (κ3) is 2.78. The summed E-state index contributed by atoms with van der Waals surface area (Å²) in [6.07, 6.45) is 1.64. The van der Waals surface area contributed by atoms with Crippen molar-refractivity contribution in [2.24, 2.45) is 0 Å². The van der Waals surface area contributed by atoms with Crippen LogP contribution in [0.5, 0.6) is 0 Å². The Morgan fingerprint density at radius 2 is 2.36 bits per heavy atom. The zero-order valence-corrected chi connectivity index (χ0v) is 8.11. The highest BCUT2D eigenvalue weighted by atomic mass is 16.5. The van der Waals surface area contributed by atoms with Crippen LogP contribution < -0.4 is 0 Å². The van der Waals surface area contributed by atoms with Crippen molar-refractivity contribution < 1.29 is 10.5 Å². The van der Waals surface area contributed by atoms with Crippen molar-refractivity contribution in [3.8, 4) is 0 Å². The summed E-state index contributed by atoms with van der Waals surface area (Å²) in [6, 6.07) is 0. The third-order valence-corrected chi connectivity index (χ3v) is 2.33. The Morgan fingerprint density at radius 1 is 1.50 bits per heavy atom. The standard InChI is InChI=1S/C9H15N3O2/c1(2-9-11-10-8-14-9)3-12-4-6-13-7-5-12/h8H,1-7H2/i8D. The normalized spacial score (nSPS) is 19.6. The molecule has 1 fully saturated rings. The molecular formula is C9H15N3O2. The number of rotatable bonds is 4. The lowest BCUT2D eigenvalue weighted by molar-refractivity contribution is 0.0373. The number of aromatic nitrogens is 2. The minimum Gasteiger partial charge on any atom is -0.428 e. The van der Waals surface area contributed by atoms with E-state index in [1.807, 2.05) is 0 Å². The van der Waals surface area contributed by atoms with E-state index in [-0.39, 0.29) is 6.37 Å². The van der Waals surface area contributed by atoms with Crippen molar-refractivity contribution >= 4 is 0 Å². The van der Waals surface area contributed by atoms with Gasteiger partial charge in [-0.25, -0.2) is 0 Å². The van der Waals surface area contributed by atoms with E-state index in [4.69, 9.17) is 10.5 Å². The summed E-state index contributed by atoms with van der Waals surface area (Å²) in [7, 11) is 0. The summed E-state index contributed by atoms with van der Waals surface area (Å²) < 4.78 is 17.3. The number of aryl methyl sites for hydroxylation is 1. The zero-order chi connectivity index (χ0) is 10.5. The van der Waals surface area contributed by atoms with E-state index in [2.05, 4.69) is 15.1 Å². The molecule has 1 aromatic rings. The predicted octanol–water partition coefficient (Wildman–Crippen LogP) is 0.334. The molecule has 0 N–H and O–H groups in total. The van der Waals surface area contributed by atoms with Crippen LogP contribution in [0, 0.1) is 0 Å². The first-order chi connectivity index (χ1) is 7.34. The molecule has 0 aliphatic carbocycles. The van der Waals surface area contributed by atoms with E-state index >= 15 is 0 Å². The first kappa shape index (κ1) is 8.38. The van der Waals surface area contributed by atoms with Crippen LogP contribution in [0.4, 0.5) is 0 Å². The number of hydrogen-bond donors (Lipinski definition) is 0. The lowest BCUT2D eigenvalue weighted by Crippen LogP contribution is -2.36. The van der Waals surface area contributed by atoms with Crippen LogP contribution in [-0.4, -0.2) is 47.9 Å². The second-order valence-electron chi connectivity index (χ2n) is 3.34. The first-order valence-electron chi connectivity index (χ1n) is 5.44. The minimum absolute atomic E-state index is 0.101. The summed E-state index contributed by atoms with van der Waals surface area (Å²) >= 11 is 0. The Balaban J connectivity index is 1.65. The molecule has 0 unspecified atom stereocenters. The molecule has 1 saturated heterocycles. The van der Waals surface area contributed by atoms with E-state index in [1.54, 1.807) is 0 Å². The molecule has 78 valence electrons. The van der Waals surface area contributed by atoms with Gasteiger partial charge in [-0.3, -0.25) is 4.90 Å². The highest BCUT2D eigenvalue weighted by Gasteiger charge is 2.09. The number of nitrogens with zero attached hydrogens (tertiary/aromatic N) is 3. The Hall–Kier alpha value is -0.940. The average Bonchev–Trinajstić information content (AvgIpc) is 2.66. The lowest BCUT2D eigenvalue weighted by atomic mass is 10.3. The Labute approximate surface area is 84.5 Å². The van der Waals surface area contributed by atoms with Crippen LogP contribution in [0.15, 0.2) is 10.8 Å². The molecule has 0 amide bonds. The molecule has 1 aliphatic rings. The largest absolute Gasteiger partial charge is 0.428 e. The topological polar surface area (TPSA) is 51.4 Å². The van der Waals surface area contributed by atoms with Gasteiger partial charge in [-0.05, 0) is 13.0 Å². The van der Waals surface area contributed by atoms with Crippen molar-refractivity contribution in [2.45, 2.75) is 12.8 Å². The van der Waals surface area contributed by atoms with Crippen molar-refractivity contribution in [2.75, 3.05) is 32.8 Å². The van der Waals surface area contributed by atoms with Crippen molar-refractivity contribution in [3.63, 3.8) is 0 Å². The van der Waals surface area contributed by atoms with Gasteiger partial charge in [-0.2, -0.15) is 0 Å². The molecule has 5 heteroatoms. The molecule has 0 aromatic carbocycles. The van der Waals surface area contributed by atoms with E-state index in [0.29, 0.717) is 5.89 Å². The molecule has 1 aliphatic heterocycles. The molecule has 0 radical (unpaired) electrons. The number of morpholine rings is 1. The van der Waals surface area contributed by atoms with Gasteiger partial charge in [0.1, 0.15) is 1.37 Å². The highest BCUT2D eigenvalue weighted by molar-refractivity contribution is 4.73. The Bertz CT molecular complexity index is 299. The second-order valence-corrected chi connectivity index (χ2v) is 3.34. The monoisotopic (exact) mass is 198 g/mol.